The summed E-state index contributed by atoms with van der Waals surface area (Å²) in [5, 5.41) is 15.1. The molecule has 2 heterocycles. The largest absolute Gasteiger partial charge is 0.505 e. The lowest BCUT2D eigenvalue weighted by Crippen LogP contribution is -2.15. The highest BCUT2D eigenvalue weighted by Crippen LogP contribution is 2.40. The fourth-order valence-electron chi connectivity index (χ4n) is 3.05. The van der Waals surface area contributed by atoms with Gasteiger partial charge in [0.2, 0.25) is 0 Å². The predicted molar refractivity (Wildman–Crippen MR) is 105 cm³/mol. The summed E-state index contributed by atoms with van der Waals surface area (Å²) in [5.41, 5.74) is 1.15. The first kappa shape index (κ1) is 17.2. The topological polar surface area (TPSA) is 58.0 Å². The van der Waals surface area contributed by atoms with Gasteiger partial charge >= 0.3 is 0 Å². The highest BCUT2D eigenvalue weighted by molar-refractivity contribution is 6.35. The van der Waals surface area contributed by atoms with E-state index in [-0.39, 0.29) is 5.75 Å². The monoisotopic (exact) mass is 379 g/mol. The van der Waals surface area contributed by atoms with E-state index < -0.39 is 11.9 Å². The summed E-state index contributed by atoms with van der Waals surface area (Å²) in [6, 6.07) is 16.2. The molecule has 27 heavy (non-hydrogen) atoms. The van der Waals surface area contributed by atoms with Crippen LogP contribution in [0, 0.1) is 5.82 Å². The lowest BCUT2D eigenvalue weighted by Gasteiger charge is -2.22. The van der Waals surface area contributed by atoms with Crippen molar-refractivity contribution in [1.29, 1.82) is 0 Å². The van der Waals surface area contributed by atoms with Crippen molar-refractivity contribution in [3.8, 4) is 5.75 Å². The Morgan fingerprint density at radius 1 is 0.926 bits per heavy atom. The Balaban J connectivity index is 1.92. The molecule has 4 rings (SSSR count). The van der Waals surface area contributed by atoms with Crippen LogP contribution in [0.25, 0.3) is 10.9 Å². The highest BCUT2D eigenvalue weighted by atomic mass is 35.5. The van der Waals surface area contributed by atoms with Crippen LogP contribution in [0.1, 0.15) is 17.2 Å². The highest BCUT2D eigenvalue weighted by Gasteiger charge is 2.24. The number of nitrogens with one attached hydrogen (secondary N) is 1. The smallest absolute Gasteiger partial charge is 0.147 e. The summed E-state index contributed by atoms with van der Waals surface area (Å²) in [5.74, 6) is 0.0941. The van der Waals surface area contributed by atoms with E-state index >= 15 is 0 Å². The second-order valence-corrected chi connectivity index (χ2v) is 6.42. The Hall–Kier alpha value is -3.18. The number of phenolic OH excluding ortho intramolecular Hbond substituents is 1. The van der Waals surface area contributed by atoms with Gasteiger partial charge in [0, 0.05) is 28.9 Å². The van der Waals surface area contributed by atoms with E-state index in [1.165, 1.54) is 6.07 Å². The zero-order valence-electron chi connectivity index (χ0n) is 14.1. The van der Waals surface area contributed by atoms with Crippen molar-refractivity contribution >= 4 is 28.3 Å². The van der Waals surface area contributed by atoms with Crippen molar-refractivity contribution in [2.24, 2.45) is 0 Å². The molecule has 2 aromatic carbocycles. The molecule has 0 radical (unpaired) electrons. The first-order valence-corrected chi connectivity index (χ1v) is 8.71. The maximum absolute atomic E-state index is 14.6. The number of phenols is 1. The van der Waals surface area contributed by atoms with Crippen LogP contribution in [-0.4, -0.2) is 15.1 Å². The Bertz CT molecular complexity index is 1110. The van der Waals surface area contributed by atoms with Gasteiger partial charge in [-0.25, -0.2) is 9.37 Å². The van der Waals surface area contributed by atoms with Crippen molar-refractivity contribution in [2.45, 2.75) is 6.04 Å². The van der Waals surface area contributed by atoms with Gasteiger partial charge in [0.05, 0.1) is 11.1 Å². The minimum atomic E-state index is -0.704. The van der Waals surface area contributed by atoms with Gasteiger partial charge in [0.25, 0.3) is 0 Å². The summed E-state index contributed by atoms with van der Waals surface area (Å²) >= 11 is 6.42. The molecule has 1 atom stereocenters. The van der Waals surface area contributed by atoms with Gasteiger partial charge in [0.1, 0.15) is 22.9 Å². The number of aromatic nitrogens is 2. The molecular weight excluding hydrogens is 365 g/mol. The Morgan fingerprint density at radius 3 is 2.48 bits per heavy atom. The minimum Gasteiger partial charge on any atom is -0.505 e. The molecule has 0 aliphatic rings. The van der Waals surface area contributed by atoms with Crippen molar-refractivity contribution in [3.63, 3.8) is 0 Å². The lowest BCUT2D eigenvalue weighted by atomic mass is 9.95. The van der Waals surface area contributed by atoms with E-state index in [0.717, 1.165) is 0 Å². The van der Waals surface area contributed by atoms with Gasteiger partial charge in [-0.3, -0.25) is 4.98 Å². The minimum absolute atomic E-state index is 0.0494. The summed E-state index contributed by atoms with van der Waals surface area (Å²) in [6.45, 7) is 0. The van der Waals surface area contributed by atoms with E-state index in [9.17, 15) is 9.50 Å². The van der Waals surface area contributed by atoms with Crippen LogP contribution in [-0.2, 0) is 0 Å². The van der Waals surface area contributed by atoms with Gasteiger partial charge in [-0.1, -0.05) is 35.9 Å². The molecule has 0 spiro atoms. The van der Waals surface area contributed by atoms with Crippen LogP contribution >= 0.6 is 11.6 Å². The van der Waals surface area contributed by atoms with Crippen LogP contribution in [0.5, 0.6) is 5.75 Å². The van der Waals surface area contributed by atoms with Crippen LogP contribution < -0.4 is 5.32 Å². The number of benzene rings is 2. The van der Waals surface area contributed by atoms with Gasteiger partial charge in [-0.2, -0.15) is 0 Å². The van der Waals surface area contributed by atoms with Gasteiger partial charge in [0.15, 0.2) is 0 Å². The van der Waals surface area contributed by atoms with Crippen molar-refractivity contribution in [1.82, 2.24) is 9.97 Å². The molecule has 0 fully saturated rings. The molecule has 0 aliphatic carbocycles. The van der Waals surface area contributed by atoms with Crippen molar-refractivity contribution in [2.75, 3.05) is 5.32 Å². The number of fused-ring (bicyclic) bond motifs is 1. The van der Waals surface area contributed by atoms with Crippen LogP contribution in [0.4, 0.5) is 10.2 Å². The molecule has 4 aromatic rings. The Morgan fingerprint density at radius 2 is 1.70 bits per heavy atom. The maximum atomic E-state index is 14.6. The fraction of sp³-hybridized carbons (Fsp3) is 0.0476. The maximum Gasteiger partial charge on any atom is 0.147 e. The normalized spacial score (nSPS) is 12.1. The second-order valence-electron chi connectivity index (χ2n) is 6.01. The fourth-order valence-corrected chi connectivity index (χ4v) is 3.32. The first-order valence-electron chi connectivity index (χ1n) is 8.33. The molecule has 0 aliphatic heterocycles. The van der Waals surface area contributed by atoms with Crippen molar-refractivity contribution < 1.29 is 9.50 Å². The van der Waals surface area contributed by atoms with E-state index in [1.54, 1.807) is 60.9 Å². The number of hydrogen-bond donors (Lipinski definition) is 2. The molecule has 0 saturated carbocycles. The van der Waals surface area contributed by atoms with Crippen LogP contribution in [0.2, 0.25) is 5.02 Å². The number of pyridine rings is 2. The van der Waals surface area contributed by atoms with Crippen LogP contribution in [0.3, 0.4) is 0 Å². The second kappa shape index (κ2) is 7.21. The molecule has 134 valence electrons. The number of nitrogens with zero attached hydrogens (tertiary/aromatic N) is 2. The molecule has 0 saturated heterocycles. The SMILES string of the molecule is Oc1c([C@H](Nc2ccccn2)c2ccccc2F)cc(Cl)c2cccnc12. The summed E-state index contributed by atoms with van der Waals surface area (Å²) in [4.78, 5) is 8.49. The molecular formula is C21H15ClFN3O. The molecule has 0 bridgehead atoms. The summed E-state index contributed by atoms with van der Waals surface area (Å²) in [7, 11) is 0. The quantitative estimate of drug-likeness (QED) is 0.503. The zero-order valence-corrected chi connectivity index (χ0v) is 14.9. The Kier molecular flexibility index (Phi) is 4.60. The molecule has 0 amide bonds. The zero-order chi connectivity index (χ0) is 18.8. The lowest BCUT2D eigenvalue weighted by molar-refractivity contribution is 0.471. The first-order chi connectivity index (χ1) is 13.1. The van der Waals surface area contributed by atoms with Crippen LogP contribution in [0.15, 0.2) is 73.1 Å². The van der Waals surface area contributed by atoms with E-state index in [1.807, 2.05) is 6.07 Å². The number of rotatable bonds is 4. The molecule has 4 nitrogen and oxygen atoms in total. The number of halogens is 2. The van der Waals surface area contributed by atoms with Gasteiger partial charge < -0.3 is 10.4 Å². The third-order valence-corrected chi connectivity index (χ3v) is 4.64. The van der Waals surface area contributed by atoms with E-state index in [4.69, 9.17) is 11.6 Å². The molecule has 2 N–H and O–H groups in total. The third kappa shape index (κ3) is 3.29. The van der Waals surface area contributed by atoms with Gasteiger partial charge in [-0.15, -0.1) is 0 Å². The van der Waals surface area contributed by atoms with Gasteiger partial charge in [-0.05, 0) is 36.4 Å². The average Bonchev–Trinajstić information content (AvgIpc) is 2.71. The predicted octanol–water partition coefficient (Wildman–Crippen LogP) is 5.33. The average molecular weight is 380 g/mol. The van der Waals surface area contributed by atoms with E-state index in [0.29, 0.717) is 32.9 Å². The third-order valence-electron chi connectivity index (χ3n) is 4.33. The number of hydrogen-bond acceptors (Lipinski definition) is 4. The summed E-state index contributed by atoms with van der Waals surface area (Å²) < 4.78 is 14.6. The molecule has 6 heteroatoms. The summed E-state index contributed by atoms with van der Waals surface area (Å²) in [6.07, 6.45) is 3.21. The Labute approximate surface area is 160 Å². The standard InChI is InChI=1S/C21H15ClFN3O/c22-16-12-15(21(27)20-13(16)7-5-11-25-20)19(14-6-1-2-8-17(14)23)26-18-9-3-4-10-24-18/h1-12,19,27H,(H,24,26)/t19-/m1/s1. The molecule has 2 aromatic heterocycles. The van der Waals surface area contributed by atoms with E-state index in [2.05, 4.69) is 15.3 Å². The number of anilines is 1. The number of aromatic hydroxyl groups is 1. The van der Waals surface area contributed by atoms with Crippen molar-refractivity contribution in [3.05, 3.63) is 95.0 Å². The molecule has 0 unspecified atom stereocenters.